The summed E-state index contributed by atoms with van der Waals surface area (Å²) in [6.45, 7) is 3.12. The summed E-state index contributed by atoms with van der Waals surface area (Å²) in [5, 5.41) is 8.10. The van der Waals surface area contributed by atoms with Gasteiger partial charge in [-0.25, -0.2) is 9.97 Å². The average Bonchev–Trinajstić information content (AvgIpc) is 3.25. The number of aromatic nitrogens is 2. The largest absolute Gasteiger partial charge is 0.367 e. The lowest BCUT2D eigenvalue weighted by Gasteiger charge is -2.30. The third-order valence-corrected chi connectivity index (χ3v) is 6.37. The Balaban J connectivity index is 1.45. The lowest BCUT2D eigenvalue weighted by Crippen LogP contribution is -2.42. The smallest absolute Gasteiger partial charge is 0.223 e. The molecule has 1 saturated carbocycles. The first-order chi connectivity index (χ1) is 14.5. The predicted octanol–water partition coefficient (Wildman–Crippen LogP) is 3.51. The fraction of sp³-hybridized carbons (Fsp3) is 0.545. The van der Waals surface area contributed by atoms with Crippen molar-refractivity contribution in [3.63, 3.8) is 0 Å². The van der Waals surface area contributed by atoms with Crippen molar-refractivity contribution in [3.05, 3.63) is 29.0 Å². The number of hydrogen-bond donors (Lipinski definition) is 2. The van der Waals surface area contributed by atoms with Gasteiger partial charge >= 0.3 is 0 Å². The minimum atomic E-state index is -0.0732. The van der Waals surface area contributed by atoms with Gasteiger partial charge in [-0.05, 0) is 43.9 Å². The maximum absolute atomic E-state index is 12.6. The van der Waals surface area contributed by atoms with Gasteiger partial charge in [0.2, 0.25) is 11.8 Å². The van der Waals surface area contributed by atoms with Gasteiger partial charge in [-0.2, -0.15) is 0 Å². The number of hydrogen-bond acceptors (Lipinski definition) is 5. The zero-order valence-electron chi connectivity index (χ0n) is 17.3. The van der Waals surface area contributed by atoms with Gasteiger partial charge in [-0.3, -0.25) is 9.59 Å². The molecular weight excluding hydrogens is 402 g/mol. The number of anilines is 1. The van der Waals surface area contributed by atoms with E-state index in [2.05, 4.69) is 15.6 Å². The molecule has 2 aliphatic rings. The summed E-state index contributed by atoms with van der Waals surface area (Å²) in [6, 6.07) is 6.01. The van der Waals surface area contributed by atoms with Gasteiger partial charge in [0.1, 0.15) is 5.82 Å². The normalized spacial score (nSPS) is 18.0. The molecular formula is C22H28ClN5O2. The van der Waals surface area contributed by atoms with Gasteiger partial charge in [-0.15, -0.1) is 0 Å². The van der Waals surface area contributed by atoms with Gasteiger partial charge in [0.15, 0.2) is 5.82 Å². The van der Waals surface area contributed by atoms with Gasteiger partial charge < -0.3 is 15.5 Å². The monoisotopic (exact) mass is 429 g/mol. The molecule has 160 valence electrons. The molecule has 0 radical (unpaired) electrons. The van der Waals surface area contributed by atoms with Crippen molar-refractivity contribution in [2.24, 2.45) is 5.92 Å². The van der Waals surface area contributed by atoms with Crippen LogP contribution >= 0.6 is 11.6 Å². The number of nitrogens with one attached hydrogen (secondary N) is 2. The van der Waals surface area contributed by atoms with Gasteiger partial charge in [0.25, 0.3) is 0 Å². The van der Waals surface area contributed by atoms with Crippen molar-refractivity contribution in [1.29, 1.82) is 0 Å². The van der Waals surface area contributed by atoms with Crippen molar-refractivity contribution in [1.82, 2.24) is 20.2 Å². The molecule has 30 heavy (non-hydrogen) atoms. The summed E-state index contributed by atoms with van der Waals surface area (Å²) < 4.78 is 0. The molecule has 2 fully saturated rings. The standard InChI is InChI=1S/C22H28ClN5O2/c1-14(29)28-10-8-15(9-11-28)22(30)24-13-20-26-19-7-6-16(23)12-18(19)21(27-20)25-17-4-2-3-5-17/h6-7,12,15,17H,2-5,8-11,13H2,1H3,(H,24,30)(H,25,26,27). The Bertz CT molecular complexity index is 937. The molecule has 0 atom stereocenters. The summed E-state index contributed by atoms with van der Waals surface area (Å²) in [7, 11) is 0. The highest BCUT2D eigenvalue weighted by molar-refractivity contribution is 6.31. The van der Waals surface area contributed by atoms with Gasteiger partial charge in [0, 0.05) is 42.4 Å². The van der Waals surface area contributed by atoms with Crippen LogP contribution < -0.4 is 10.6 Å². The fourth-order valence-corrected chi connectivity index (χ4v) is 4.54. The van der Waals surface area contributed by atoms with Crippen LogP contribution in [0.5, 0.6) is 0 Å². The lowest BCUT2D eigenvalue weighted by atomic mass is 9.96. The molecule has 1 aliphatic carbocycles. The predicted molar refractivity (Wildman–Crippen MR) is 117 cm³/mol. The Morgan fingerprint density at radius 2 is 1.87 bits per heavy atom. The van der Waals surface area contributed by atoms with E-state index in [1.807, 2.05) is 18.2 Å². The number of fused-ring (bicyclic) bond motifs is 1. The molecule has 8 heteroatoms. The maximum Gasteiger partial charge on any atom is 0.223 e. The van der Waals surface area contributed by atoms with Crippen LogP contribution in [-0.2, 0) is 16.1 Å². The van der Waals surface area contributed by atoms with Crippen molar-refractivity contribution in [2.45, 2.75) is 58.0 Å². The van der Waals surface area contributed by atoms with Crippen molar-refractivity contribution < 1.29 is 9.59 Å². The summed E-state index contributed by atoms with van der Waals surface area (Å²) >= 11 is 6.20. The fourth-order valence-electron chi connectivity index (χ4n) is 4.37. The number of likely N-dealkylation sites (tertiary alicyclic amines) is 1. The molecule has 1 aliphatic heterocycles. The molecule has 2 amide bonds. The summed E-state index contributed by atoms with van der Waals surface area (Å²) in [5.74, 6) is 1.37. The van der Waals surface area contributed by atoms with E-state index in [0.29, 0.717) is 42.8 Å². The summed E-state index contributed by atoms with van der Waals surface area (Å²) in [5.41, 5.74) is 0.814. The minimum absolute atomic E-state index is 0.00306. The molecule has 0 spiro atoms. The highest BCUT2D eigenvalue weighted by Crippen LogP contribution is 2.28. The first-order valence-corrected chi connectivity index (χ1v) is 11.1. The van der Waals surface area contributed by atoms with Crippen LogP contribution in [0.2, 0.25) is 5.02 Å². The molecule has 7 nitrogen and oxygen atoms in total. The topological polar surface area (TPSA) is 87.2 Å². The Morgan fingerprint density at radius 3 is 2.57 bits per heavy atom. The summed E-state index contributed by atoms with van der Waals surface area (Å²) in [4.78, 5) is 35.2. The van der Waals surface area contributed by atoms with E-state index in [0.717, 1.165) is 29.6 Å². The molecule has 1 aromatic carbocycles. The number of nitrogens with zero attached hydrogens (tertiary/aromatic N) is 3. The van der Waals surface area contributed by atoms with Crippen LogP contribution in [0.1, 0.15) is 51.3 Å². The third kappa shape index (κ3) is 4.83. The average molecular weight is 430 g/mol. The van der Waals surface area contributed by atoms with Crippen LogP contribution in [0.3, 0.4) is 0 Å². The Hall–Kier alpha value is -2.41. The highest BCUT2D eigenvalue weighted by atomic mass is 35.5. The first kappa shape index (κ1) is 20.8. The van der Waals surface area contributed by atoms with E-state index in [-0.39, 0.29) is 24.3 Å². The lowest BCUT2D eigenvalue weighted by molar-refractivity contribution is -0.134. The number of amides is 2. The molecule has 4 rings (SSSR count). The summed E-state index contributed by atoms with van der Waals surface area (Å²) in [6.07, 6.45) is 6.11. The SMILES string of the molecule is CC(=O)N1CCC(C(=O)NCc2nc(NC3CCCC3)c3cc(Cl)ccc3n2)CC1. The molecule has 1 saturated heterocycles. The number of benzene rings is 1. The third-order valence-electron chi connectivity index (χ3n) is 6.13. The van der Waals surface area contributed by atoms with E-state index in [4.69, 9.17) is 16.6 Å². The first-order valence-electron chi connectivity index (χ1n) is 10.8. The Labute approximate surface area is 181 Å². The van der Waals surface area contributed by atoms with E-state index < -0.39 is 0 Å². The molecule has 0 unspecified atom stereocenters. The van der Waals surface area contributed by atoms with E-state index >= 15 is 0 Å². The molecule has 2 aromatic rings. The van der Waals surface area contributed by atoms with E-state index in [1.165, 1.54) is 12.8 Å². The van der Waals surface area contributed by atoms with Crippen LogP contribution in [0.25, 0.3) is 10.9 Å². The van der Waals surface area contributed by atoms with Crippen LogP contribution in [0.4, 0.5) is 5.82 Å². The second kappa shape index (κ2) is 9.16. The minimum Gasteiger partial charge on any atom is -0.367 e. The zero-order valence-corrected chi connectivity index (χ0v) is 18.0. The van der Waals surface area contributed by atoms with E-state index in [1.54, 1.807) is 11.8 Å². The number of carbonyl (C=O) groups is 2. The van der Waals surface area contributed by atoms with E-state index in [9.17, 15) is 9.59 Å². The van der Waals surface area contributed by atoms with Crippen molar-refractivity contribution >= 4 is 40.1 Å². The van der Waals surface area contributed by atoms with Crippen LogP contribution in [-0.4, -0.2) is 45.8 Å². The van der Waals surface area contributed by atoms with Crippen molar-refractivity contribution in [2.75, 3.05) is 18.4 Å². The molecule has 0 bridgehead atoms. The maximum atomic E-state index is 12.6. The number of carbonyl (C=O) groups excluding carboxylic acids is 2. The Morgan fingerprint density at radius 1 is 1.13 bits per heavy atom. The molecule has 1 aromatic heterocycles. The van der Waals surface area contributed by atoms with Gasteiger partial charge in [0.05, 0.1) is 12.1 Å². The number of halogens is 1. The second-order valence-electron chi connectivity index (χ2n) is 8.27. The number of rotatable bonds is 5. The Kier molecular flexibility index (Phi) is 6.37. The quantitative estimate of drug-likeness (QED) is 0.759. The van der Waals surface area contributed by atoms with Crippen molar-refractivity contribution in [3.8, 4) is 0 Å². The van der Waals surface area contributed by atoms with Crippen LogP contribution in [0, 0.1) is 5.92 Å². The molecule has 2 N–H and O–H groups in total. The van der Waals surface area contributed by atoms with Crippen LogP contribution in [0.15, 0.2) is 18.2 Å². The number of piperidine rings is 1. The molecule has 2 heterocycles. The van der Waals surface area contributed by atoms with Gasteiger partial charge in [-0.1, -0.05) is 24.4 Å². The second-order valence-corrected chi connectivity index (χ2v) is 8.71. The zero-order chi connectivity index (χ0) is 21.1. The highest BCUT2D eigenvalue weighted by Gasteiger charge is 2.26.